The summed E-state index contributed by atoms with van der Waals surface area (Å²) in [6.45, 7) is 3.57. The zero-order chi connectivity index (χ0) is 15.3. The standard InChI is InChI=1S/C15H19N3O2S/c1-15(2,20)10-17-13(19)7-6-11-9-21-14(18-11)12-5-3-4-8-16-12/h3-5,8-9,20H,6-7,10H2,1-2H3,(H,17,19). The predicted octanol–water partition coefficient (Wildman–Crippen LogP) is 2.02. The molecule has 0 aliphatic rings. The van der Waals surface area contributed by atoms with Gasteiger partial charge in [-0.05, 0) is 32.4 Å². The number of thiazole rings is 1. The van der Waals surface area contributed by atoms with Crippen LogP contribution in [0.3, 0.4) is 0 Å². The lowest BCUT2D eigenvalue weighted by Gasteiger charge is -2.17. The van der Waals surface area contributed by atoms with Crippen molar-refractivity contribution in [3.63, 3.8) is 0 Å². The van der Waals surface area contributed by atoms with Crippen molar-refractivity contribution in [2.75, 3.05) is 6.54 Å². The Hall–Kier alpha value is -1.79. The summed E-state index contributed by atoms with van der Waals surface area (Å²) in [5.74, 6) is -0.0792. The second-order valence-electron chi connectivity index (χ2n) is 5.45. The molecule has 0 radical (unpaired) electrons. The van der Waals surface area contributed by atoms with E-state index in [2.05, 4.69) is 15.3 Å². The third-order valence-corrected chi connectivity index (χ3v) is 3.68. The average Bonchev–Trinajstić information content (AvgIpc) is 2.92. The van der Waals surface area contributed by atoms with Crippen LogP contribution in [0.15, 0.2) is 29.8 Å². The molecule has 2 N–H and O–H groups in total. The molecule has 2 heterocycles. The maximum Gasteiger partial charge on any atom is 0.220 e. The first-order chi connectivity index (χ1) is 9.94. The Morgan fingerprint density at radius 3 is 2.90 bits per heavy atom. The molecule has 0 bridgehead atoms. The van der Waals surface area contributed by atoms with Crippen LogP contribution in [-0.4, -0.2) is 33.1 Å². The fourth-order valence-electron chi connectivity index (χ4n) is 1.67. The maximum absolute atomic E-state index is 11.7. The molecule has 0 aliphatic carbocycles. The van der Waals surface area contributed by atoms with Crippen molar-refractivity contribution in [1.29, 1.82) is 0 Å². The van der Waals surface area contributed by atoms with Gasteiger partial charge in [0.25, 0.3) is 0 Å². The van der Waals surface area contributed by atoms with E-state index in [0.29, 0.717) is 12.8 Å². The summed E-state index contributed by atoms with van der Waals surface area (Å²) in [5, 5.41) is 15.1. The van der Waals surface area contributed by atoms with Crippen LogP contribution >= 0.6 is 11.3 Å². The first-order valence-corrected chi connectivity index (χ1v) is 7.67. The number of aliphatic hydroxyl groups is 1. The van der Waals surface area contributed by atoms with E-state index >= 15 is 0 Å². The minimum atomic E-state index is -0.886. The van der Waals surface area contributed by atoms with E-state index < -0.39 is 5.60 Å². The number of carbonyl (C=O) groups is 1. The zero-order valence-electron chi connectivity index (χ0n) is 12.2. The van der Waals surface area contributed by atoms with Gasteiger partial charge in [-0.1, -0.05) is 6.07 Å². The van der Waals surface area contributed by atoms with Gasteiger partial charge in [-0.3, -0.25) is 9.78 Å². The molecule has 0 aliphatic heterocycles. The first-order valence-electron chi connectivity index (χ1n) is 6.79. The highest BCUT2D eigenvalue weighted by Gasteiger charge is 2.14. The van der Waals surface area contributed by atoms with Crippen molar-refractivity contribution in [1.82, 2.24) is 15.3 Å². The van der Waals surface area contributed by atoms with Gasteiger partial charge in [-0.25, -0.2) is 4.98 Å². The third-order valence-electron chi connectivity index (χ3n) is 2.76. The fraction of sp³-hybridized carbons (Fsp3) is 0.400. The van der Waals surface area contributed by atoms with Crippen molar-refractivity contribution in [3.05, 3.63) is 35.5 Å². The molecule has 2 rings (SSSR count). The van der Waals surface area contributed by atoms with Crippen LogP contribution < -0.4 is 5.32 Å². The van der Waals surface area contributed by atoms with Crippen LogP contribution in [0.1, 0.15) is 26.0 Å². The Bertz CT molecular complexity index is 590. The molecule has 0 atom stereocenters. The van der Waals surface area contributed by atoms with Gasteiger partial charge in [0.05, 0.1) is 17.0 Å². The number of pyridine rings is 1. The van der Waals surface area contributed by atoms with Crippen LogP contribution in [0.4, 0.5) is 0 Å². The van der Waals surface area contributed by atoms with E-state index in [-0.39, 0.29) is 12.5 Å². The summed E-state index contributed by atoms with van der Waals surface area (Å²) < 4.78 is 0. The molecule has 0 fully saturated rings. The quantitative estimate of drug-likeness (QED) is 0.856. The molecular formula is C15H19N3O2S. The molecule has 5 nitrogen and oxygen atoms in total. The molecule has 0 aromatic carbocycles. The fourth-order valence-corrected chi connectivity index (χ4v) is 2.50. The second-order valence-corrected chi connectivity index (χ2v) is 6.31. The SMILES string of the molecule is CC(C)(O)CNC(=O)CCc1csc(-c2ccccn2)n1. The molecule has 0 saturated carbocycles. The number of aromatic nitrogens is 2. The van der Waals surface area contributed by atoms with Gasteiger partial charge in [0.1, 0.15) is 5.01 Å². The molecule has 21 heavy (non-hydrogen) atoms. The lowest BCUT2D eigenvalue weighted by atomic mass is 10.1. The molecule has 112 valence electrons. The zero-order valence-corrected chi connectivity index (χ0v) is 13.0. The summed E-state index contributed by atoms with van der Waals surface area (Å²) >= 11 is 1.53. The molecule has 6 heteroatoms. The van der Waals surface area contributed by atoms with E-state index in [1.807, 2.05) is 23.6 Å². The van der Waals surface area contributed by atoms with Gasteiger partial charge in [0.2, 0.25) is 5.91 Å². The van der Waals surface area contributed by atoms with E-state index in [0.717, 1.165) is 16.4 Å². The summed E-state index contributed by atoms with van der Waals surface area (Å²) in [7, 11) is 0. The third kappa shape index (κ3) is 5.24. The molecule has 0 unspecified atom stereocenters. The normalized spacial score (nSPS) is 11.4. The Kier molecular flexibility index (Phi) is 5.03. The van der Waals surface area contributed by atoms with E-state index in [4.69, 9.17) is 0 Å². The topological polar surface area (TPSA) is 75.1 Å². The number of aryl methyl sites for hydroxylation is 1. The number of amides is 1. The number of hydrogen-bond donors (Lipinski definition) is 2. The van der Waals surface area contributed by atoms with Crippen LogP contribution in [0, 0.1) is 0 Å². The van der Waals surface area contributed by atoms with Gasteiger partial charge in [-0.15, -0.1) is 11.3 Å². The predicted molar refractivity (Wildman–Crippen MR) is 83.0 cm³/mol. The highest BCUT2D eigenvalue weighted by atomic mass is 32.1. The van der Waals surface area contributed by atoms with Crippen molar-refractivity contribution in [2.24, 2.45) is 0 Å². The summed E-state index contributed by atoms with van der Waals surface area (Å²) in [6.07, 6.45) is 2.68. The van der Waals surface area contributed by atoms with Crippen LogP contribution in [0.25, 0.3) is 10.7 Å². The van der Waals surface area contributed by atoms with E-state index in [9.17, 15) is 9.90 Å². The van der Waals surface area contributed by atoms with Crippen LogP contribution in [-0.2, 0) is 11.2 Å². The summed E-state index contributed by atoms with van der Waals surface area (Å²) in [6, 6.07) is 5.71. The van der Waals surface area contributed by atoms with Crippen molar-refractivity contribution < 1.29 is 9.90 Å². The lowest BCUT2D eigenvalue weighted by molar-refractivity contribution is -0.122. The Morgan fingerprint density at radius 2 is 2.24 bits per heavy atom. The largest absolute Gasteiger partial charge is 0.389 e. The van der Waals surface area contributed by atoms with Gasteiger partial charge in [0.15, 0.2) is 0 Å². The molecule has 1 amide bonds. The van der Waals surface area contributed by atoms with E-state index in [1.165, 1.54) is 11.3 Å². The number of nitrogens with zero attached hydrogens (tertiary/aromatic N) is 2. The summed E-state index contributed by atoms with van der Waals surface area (Å²) in [5.41, 5.74) is 0.849. The van der Waals surface area contributed by atoms with Gasteiger partial charge in [0, 0.05) is 24.5 Å². The van der Waals surface area contributed by atoms with Gasteiger partial charge >= 0.3 is 0 Å². The Balaban J connectivity index is 1.85. The molecule has 0 spiro atoms. The molecule has 2 aromatic heterocycles. The number of nitrogens with one attached hydrogen (secondary N) is 1. The Morgan fingerprint density at radius 1 is 1.43 bits per heavy atom. The maximum atomic E-state index is 11.7. The minimum Gasteiger partial charge on any atom is -0.389 e. The lowest BCUT2D eigenvalue weighted by Crippen LogP contribution is -2.38. The van der Waals surface area contributed by atoms with Crippen molar-refractivity contribution in [3.8, 4) is 10.7 Å². The van der Waals surface area contributed by atoms with Crippen LogP contribution in [0.2, 0.25) is 0 Å². The van der Waals surface area contributed by atoms with E-state index in [1.54, 1.807) is 20.0 Å². The minimum absolute atomic E-state index is 0.0792. The monoisotopic (exact) mass is 305 g/mol. The van der Waals surface area contributed by atoms with Crippen molar-refractivity contribution in [2.45, 2.75) is 32.3 Å². The number of rotatable bonds is 6. The molecule has 0 saturated heterocycles. The molecular weight excluding hydrogens is 286 g/mol. The Labute approximate surface area is 128 Å². The summed E-state index contributed by atoms with van der Waals surface area (Å²) in [4.78, 5) is 20.4. The molecule has 2 aromatic rings. The number of carbonyl (C=O) groups excluding carboxylic acids is 1. The average molecular weight is 305 g/mol. The number of hydrogen-bond acceptors (Lipinski definition) is 5. The van der Waals surface area contributed by atoms with Crippen molar-refractivity contribution >= 4 is 17.2 Å². The highest BCUT2D eigenvalue weighted by Crippen LogP contribution is 2.21. The van der Waals surface area contributed by atoms with Gasteiger partial charge in [-0.2, -0.15) is 0 Å². The van der Waals surface area contributed by atoms with Crippen LogP contribution in [0.5, 0.6) is 0 Å². The highest BCUT2D eigenvalue weighted by molar-refractivity contribution is 7.13. The smallest absolute Gasteiger partial charge is 0.220 e. The van der Waals surface area contributed by atoms with Gasteiger partial charge < -0.3 is 10.4 Å². The second kappa shape index (κ2) is 6.78. The first kappa shape index (κ1) is 15.6.